The Balaban J connectivity index is 0.000000186. The standard InChI is InChI=1S/C27H22F4N4O2S.C27H23F3N4O3S/c1-15-10-20(34-23(11-15)35-22-13-18(7-9-32-22)27(29,30)31)21-14-33-25(38-21)26(28)8-3-4-16-12-17(24(36)37-2)5-6-19(16)26;1-15-10-20(33-23(11-15)34-22-13-18(7-9-31-22)27(28,29)30)21-14-32-25(38-21)26(36)8-3-4-16-12-17(24(35)37-2)5-6-19(16)26/h5-7,9-14H,3-4,8H2,1-2H3,(H,32,34,35);5-7,9-14,36H,3-4,8H2,1-2H3,(H,31,33,34). The minimum atomic E-state index is -4.50. The average molecular weight is 1080 g/mol. The van der Waals surface area contributed by atoms with Crippen LogP contribution in [0.1, 0.15) is 101 Å². The molecular formula is C54H45F7N8O5S2. The second kappa shape index (κ2) is 21.1. The van der Waals surface area contributed by atoms with Gasteiger partial charge in [-0.25, -0.2) is 43.9 Å². The molecule has 76 heavy (non-hydrogen) atoms. The number of thiazole rings is 2. The van der Waals surface area contributed by atoms with Crippen LogP contribution in [0.2, 0.25) is 0 Å². The van der Waals surface area contributed by atoms with Crippen molar-refractivity contribution in [1.29, 1.82) is 0 Å². The topological polar surface area (TPSA) is 174 Å². The first-order chi connectivity index (χ1) is 36.1. The maximum absolute atomic E-state index is 16.5. The number of fused-ring (bicyclic) bond motifs is 2. The Morgan fingerprint density at radius 2 is 1.05 bits per heavy atom. The quantitative estimate of drug-likeness (QED) is 0.0873. The highest BCUT2D eigenvalue weighted by Gasteiger charge is 2.42. The van der Waals surface area contributed by atoms with Crippen molar-refractivity contribution in [1.82, 2.24) is 29.9 Å². The van der Waals surface area contributed by atoms with E-state index < -0.39 is 46.7 Å². The van der Waals surface area contributed by atoms with Gasteiger partial charge in [0, 0.05) is 24.8 Å². The van der Waals surface area contributed by atoms with Crippen LogP contribution in [0.25, 0.3) is 21.1 Å². The van der Waals surface area contributed by atoms with Gasteiger partial charge in [0.05, 0.1) is 57.6 Å². The van der Waals surface area contributed by atoms with Crippen LogP contribution >= 0.6 is 22.7 Å². The number of aliphatic hydroxyl groups is 1. The Morgan fingerprint density at radius 1 is 0.592 bits per heavy atom. The van der Waals surface area contributed by atoms with Crippen LogP contribution in [-0.2, 0) is 45.9 Å². The highest BCUT2D eigenvalue weighted by atomic mass is 32.1. The third kappa shape index (κ3) is 11.3. The van der Waals surface area contributed by atoms with Gasteiger partial charge in [-0.2, -0.15) is 26.3 Å². The predicted octanol–water partition coefficient (Wildman–Crippen LogP) is 13.0. The number of nitrogens with zero attached hydrogens (tertiary/aromatic N) is 6. The van der Waals surface area contributed by atoms with Gasteiger partial charge in [0.15, 0.2) is 5.67 Å². The highest BCUT2D eigenvalue weighted by molar-refractivity contribution is 7.15. The fourth-order valence-electron chi connectivity index (χ4n) is 9.14. The minimum Gasteiger partial charge on any atom is -0.465 e. The van der Waals surface area contributed by atoms with Crippen LogP contribution in [0, 0.1) is 13.8 Å². The number of carbonyl (C=O) groups excluding carboxylic acids is 2. The van der Waals surface area contributed by atoms with Crippen molar-refractivity contribution in [2.45, 2.75) is 76.0 Å². The molecule has 22 heteroatoms. The maximum atomic E-state index is 16.5. The molecule has 3 N–H and O–H groups in total. The molecule has 0 fully saturated rings. The SMILES string of the molecule is COC(=O)c1ccc2c(c1)CCCC2(F)c1ncc(-c2cc(C)cc(Nc3cc(C(F)(F)F)ccn3)n2)s1.COC(=O)c1ccc2c(c1)CCCC2(O)c1ncc(-c2cc(C)cc(Nc3cc(C(F)(F)F)ccn3)n2)s1. The summed E-state index contributed by atoms with van der Waals surface area (Å²) >= 11 is 2.46. The van der Waals surface area contributed by atoms with Gasteiger partial charge in [0.2, 0.25) is 0 Å². The fraction of sp³-hybridized carbons (Fsp3) is 0.259. The number of hydrogen-bond acceptors (Lipinski definition) is 15. The number of aromatic nitrogens is 6. The predicted molar refractivity (Wildman–Crippen MR) is 272 cm³/mol. The lowest BCUT2D eigenvalue weighted by Gasteiger charge is -2.33. The molecule has 392 valence electrons. The Labute approximate surface area is 438 Å². The Morgan fingerprint density at radius 3 is 1.55 bits per heavy atom. The van der Waals surface area contributed by atoms with E-state index in [-0.39, 0.29) is 23.1 Å². The fourth-order valence-corrected chi connectivity index (χ4v) is 11.2. The lowest BCUT2D eigenvalue weighted by Crippen LogP contribution is -2.32. The molecule has 10 rings (SSSR count). The molecule has 0 aliphatic heterocycles. The van der Waals surface area contributed by atoms with Crippen LogP contribution in [0.4, 0.5) is 54.0 Å². The second-order valence-electron chi connectivity index (χ2n) is 18.1. The zero-order chi connectivity index (χ0) is 54.2. The number of nitrogens with one attached hydrogen (secondary N) is 2. The average Bonchev–Trinajstić information content (AvgIpc) is 4.13. The van der Waals surface area contributed by atoms with E-state index in [4.69, 9.17) is 9.47 Å². The van der Waals surface area contributed by atoms with Crippen molar-refractivity contribution in [3.8, 4) is 21.1 Å². The van der Waals surface area contributed by atoms with Crippen molar-refractivity contribution < 1.29 is 54.9 Å². The number of carbonyl (C=O) groups is 2. The molecule has 0 radical (unpaired) electrons. The Kier molecular flexibility index (Phi) is 14.8. The summed E-state index contributed by atoms with van der Waals surface area (Å²) in [5, 5.41) is 18.2. The van der Waals surface area contributed by atoms with E-state index >= 15 is 4.39 Å². The first-order valence-electron chi connectivity index (χ1n) is 23.5. The number of aryl methyl sites for hydroxylation is 4. The van der Waals surface area contributed by atoms with Crippen molar-refractivity contribution >= 4 is 57.9 Å². The minimum absolute atomic E-state index is 0.00159. The number of esters is 2. The first kappa shape index (κ1) is 53.1. The molecule has 6 heterocycles. The molecule has 8 aromatic rings. The van der Waals surface area contributed by atoms with Gasteiger partial charge in [-0.3, -0.25) is 0 Å². The van der Waals surface area contributed by atoms with Crippen molar-refractivity contribution in [3.05, 3.63) is 175 Å². The number of alkyl halides is 7. The first-order valence-corrected chi connectivity index (χ1v) is 25.1. The normalized spacial score (nSPS) is 17.1. The third-order valence-electron chi connectivity index (χ3n) is 12.7. The number of anilines is 4. The van der Waals surface area contributed by atoms with Crippen LogP contribution < -0.4 is 10.6 Å². The van der Waals surface area contributed by atoms with Crippen LogP contribution in [-0.4, -0.2) is 61.2 Å². The summed E-state index contributed by atoms with van der Waals surface area (Å²) in [6, 6.07) is 20.6. The maximum Gasteiger partial charge on any atom is 0.416 e. The van der Waals surface area contributed by atoms with Gasteiger partial charge in [-0.05, 0) is 159 Å². The number of benzene rings is 2. The van der Waals surface area contributed by atoms with E-state index in [0.29, 0.717) is 85.7 Å². The van der Waals surface area contributed by atoms with Gasteiger partial charge in [-0.1, -0.05) is 12.1 Å². The molecule has 0 saturated heterocycles. The molecule has 2 atom stereocenters. The summed E-state index contributed by atoms with van der Waals surface area (Å²) in [6.45, 7) is 3.67. The van der Waals surface area contributed by atoms with Crippen molar-refractivity contribution in [2.75, 3.05) is 24.9 Å². The number of halogens is 7. The zero-order valence-electron chi connectivity index (χ0n) is 40.9. The van der Waals surface area contributed by atoms with E-state index in [0.717, 1.165) is 65.3 Å². The summed E-state index contributed by atoms with van der Waals surface area (Å²) in [5.74, 6) is -0.257. The number of pyridine rings is 4. The Bertz CT molecular complexity index is 3270. The highest BCUT2D eigenvalue weighted by Crippen LogP contribution is 2.48. The van der Waals surface area contributed by atoms with E-state index in [9.17, 15) is 41.0 Å². The molecule has 0 bridgehead atoms. The largest absolute Gasteiger partial charge is 0.465 e. The lowest BCUT2D eigenvalue weighted by molar-refractivity contribution is -0.138. The van der Waals surface area contributed by atoms with Crippen LogP contribution in [0.5, 0.6) is 0 Å². The summed E-state index contributed by atoms with van der Waals surface area (Å²) < 4.78 is 105. The van der Waals surface area contributed by atoms with Gasteiger partial charge in [0.1, 0.15) is 38.9 Å². The third-order valence-corrected chi connectivity index (χ3v) is 15.0. The van der Waals surface area contributed by atoms with E-state index in [1.54, 1.807) is 67.0 Å². The molecule has 0 amide bonds. The summed E-state index contributed by atoms with van der Waals surface area (Å²) in [6.07, 6.45) is -0.251. The number of hydrogen-bond donors (Lipinski definition) is 3. The van der Waals surface area contributed by atoms with Gasteiger partial charge in [0.25, 0.3) is 0 Å². The number of ether oxygens (including phenoxy) is 2. The van der Waals surface area contributed by atoms with E-state index in [2.05, 4.69) is 40.5 Å². The summed E-state index contributed by atoms with van der Waals surface area (Å²) in [5.41, 5.74) is 1.50. The van der Waals surface area contributed by atoms with E-state index in [1.165, 1.54) is 36.9 Å². The number of methoxy groups -OCH3 is 2. The van der Waals surface area contributed by atoms with Gasteiger partial charge < -0.3 is 25.2 Å². The van der Waals surface area contributed by atoms with Crippen LogP contribution in [0.3, 0.4) is 0 Å². The molecule has 2 aliphatic rings. The van der Waals surface area contributed by atoms with Crippen molar-refractivity contribution in [2.24, 2.45) is 0 Å². The number of rotatable bonds is 10. The van der Waals surface area contributed by atoms with Gasteiger partial charge in [-0.15, -0.1) is 22.7 Å². The molecular weight excluding hydrogens is 1040 g/mol. The van der Waals surface area contributed by atoms with Crippen molar-refractivity contribution in [3.63, 3.8) is 0 Å². The lowest BCUT2D eigenvalue weighted by atomic mass is 9.79. The van der Waals surface area contributed by atoms with Crippen LogP contribution in [0.15, 0.2) is 110 Å². The molecule has 2 aliphatic carbocycles. The van der Waals surface area contributed by atoms with E-state index in [1.807, 2.05) is 19.9 Å². The second-order valence-corrected chi connectivity index (χ2v) is 20.2. The Hall–Kier alpha value is -7.69. The molecule has 2 unspecified atom stereocenters. The summed E-state index contributed by atoms with van der Waals surface area (Å²) in [4.78, 5) is 51.1. The molecule has 0 saturated carbocycles. The molecule has 6 aromatic heterocycles. The summed E-state index contributed by atoms with van der Waals surface area (Å²) in [7, 11) is 2.63. The molecule has 13 nitrogen and oxygen atoms in total. The molecule has 2 aromatic carbocycles. The zero-order valence-corrected chi connectivity index (χ0v) is 42.5. The monoisotopic (exact) mass is 1080 g/mol. The van der Waals surface area contributed by atoms with Gasteiger partial charge >= 0.3 is 24.3 Å². The molecule has 0 spiro atoms. The smallest absolute Gasteiger partial charge is 0.416 e.